The van der Waals surface area contributed by atoms with Crippen molar-refractivity contribution in [3.63, 3.8) is 0 Å². The van der Waals surface area contributed by atoms with Gasteiger partial charge in [-0.05, 0) is 68.1 Å². The van der Waals surface area contributed by atoms with Crippen LogP contribution >= 0.6 is 0 Å². The molecule has 1 aliphatic heterocycles. The number of benzene rings is 3. The van der Waals surface area contributed by atoms with Crippen LogP contribution in [0.15, 0.2) is 60.8 Å². The molecule has 5 rings (SSSR count). The van der Waals surface area contributed by atoms with Gasteiger partial charge in [0.05, 0.1) is 34.8 Å². The van der Waals surface area contributed by atoms with Crippen LogP contribution in [0.3, 0.4) is 0 Å². The largest absolute Gasteiger partial charge is 0.472 e. The first-order chi connectivity index (χ1) is 21.2. The molecule has 0 radical (unpaired) electrons. The van der Waals surface area contributed by atoms with Gasteiger partial charge in [-0.25, -0.2) is 13.5 Å². The molecule has 2 atom stereocenters. The van der Waals surface area contributed by atoms with E-state index in [4.69, 9.17) is 25.6 Å². The number of aryl methyl sites for hydroxylation is 1. The predicted molar refractivity (Wildman–Crippen MR) is 163 cm³/mol. The Bertz CT molecular complexity index is 1650. The summed E-state index contributed by atoms with van der Waals surface area (Å²) in [6.07, 6.45) is 3.80. The Morgan fingerprint density at radius 3 is 2.59 bits per heavy atom. The van der Waals surface area contributed by atoms with Crippen molar-refractivity contribution >= 4 is 17.7 Å². The zero-order chi connectivity index (χ0) is 31.8. The van der Waals surface area contributed by atoms with Crippen LogP contribution in [0, 0.1) is 29.9 Å². The first kappa shape index (κ1) is 32.1. The number of hydrogen-bond acceptors (Lipinski definition) is 8. The minimum atomic E-state index is -0.533. The summed E-state index contributed by atoms with van der Waals surface area (Å²) in [6.45, 7) is 5.10. The maximum Gasteiger partial charge on any atom is 0.233 e. The van der Waals surface area contributed by atoms with Crippen molar-refractivity contribution in [1.29, 1.82) is 5.26 Å². The number of nitrogens with two attached hydrogens (primary N) is 1. The summed E-state index contributed by atoms with van der Waals surface area (Å²) in [6, 6.07) is 15.9. The fourth-order valence-corrected chi connectivity index (χ4v) is 5.01. The van der Waals surface area contributed by atoms with E-state index in [1.807, 2.05) is 19.9 Å². The molecule has 1 saturated heterocycles. The van der Waals surface area contributed by atoms with Crippen LogP contribution in [-0.2, 0) is 17.8 Å². The Labute approximate surface area is 255 Å². The number of hydrogen-bond donors (Lipinski definition) is 2. The van der Waals surface area contributed by atoms with Gasteiger partial charge in [-0.2, -0.15) is 5.26 Å². The molecule has 11 heteroatoms. The van der Waals surface area contributed by atoms with Crippen molar-refractivity contribution in [2.45, 2.75) is 45.4 Å². The minimum Gasteiger partial charge on any atom is -0.472 e. The summed E-state index contributed by atoms with van der Waals surface area (Å²) >= 11 is 0. The van der Waals surface area contributed by atoms with Gasteiger partial charge < -0.3 is 25.2 Å². The van der Waals surface area contributed by atoms with E-state index in [1.54, 1.807) is 36.5 Å². The number of halogens is 2. The first-order valence-electron chi connectivity index (χ1n) is 14.1. The van der Waals surface area contributed by atoms with E-state index in [-0.39, 0.29) is 36.0 Å². The fraction of sp³-hybridized carbons (Fsp3) is 0.303. The van der Waals surface area contributed by atoms with Crippen LogP contribution in [-0.4, -0.2) is 53.6 Å². The van der Waals surface area contributed by atoms with Crippen molar-refractivity contribution in [3.8, 4) is 17.6 Å². The van der Waals surface area contributed by atoms with E-state index in [0.717, 1.165) is 37.1 Å². The summed E-state index contributed by atoms with van der Waals surface area (Å²) in [5.74, 6) is -0.663. The molecule has 1 aliphatic rings. The molecule has 9 nitrogen and oxygen atoms in total. The third-order valence-electron chi connectivity index (χ3n) is 7.48. The quantitative estimate of drug-likeness (QED) is 0.178. The monoisotopic (exact) mass is 603 g/mol. The van der Waals surface area contributed by atoms with Crippen LogP contribution in [0.2, 0.25) is 0 Å². The van der Waals surface area contributed by atoms with Gasteiger partial charge >= 0.3 is 0 Å². The average Bonchev–Trinajstić information content (AvgIpc) is 3.48. The molecule has 4 aromatic rings. The number of carbonyl (C=O) groups is 1. The number of rotatable bonds is 11. The fourth-order valence-electron chi connectivity index (χ4n) is 5.01. The van der Waals surface area contributed by atoms with Crippen molar-refractivity contribution in [2.24, 2.45) is 0 Å². The minimum absolute atomic E-state index is 0.0466. The smallest absolute Gasteiger partial charge is 0.233 e. The first-order valence-corrected chi connectivity index (χ1v) is 14.1. The summed E-state index contributed by atoms with van der Waals surface area (Å²) < 4.78 is 42.5. The molecule has 44 heavy (non-hydrogen) atoms. The standard InChI is InChI=1S/C32H31F2N5O3.CH4O/c1-20-11-25(12-21(2)38(17-26-8-10-41-26)31-14-23(18-40)4-6-29(31)36)28(34)15-30(20)39-9-7-32(37-39)42-19-24-5-3-22(16-35)13-27(24)33;1-2/h3-7,9,11,13-15,18,21,26H,8,10,12,17,19,36H2,1-2H3;2H,1H3/t21?,26-;/m0./s1. The normalized spacial score (nSPS) is 14.4. The van der Waals surface area contributed by atoms with Crippen LogP contribution in [0.1, 0.15) is 46.0 Å². The highest BCUT2D eigenvalue weighted by molar-refractivity contribution is 5.81. The Morgan fingerprint density at radius 1 is 1.18 bits per heavy atom. The Balaban J connectivity index is 0.00000216. The Hall–Kier alpha value is -4.79. The van der Waals surface area contributed by atoms with Gasteiger partial charge in [-0.15, -0.1) is 5.10 Å². The number of nitriles is 1. The van der Waals surface area contributed by atoms with Crippen molar-refractivity contribution in [3.05, 3.63) is 100 Å². The van der Waals surface area contributed by atoms with Crippen molar-refractivity contribution in [2.75, 3.05) is 30.9 Å². The second kappa shape index (κ2) is 14.6. The zero-order valence-electron chi connectivity index (χ0n) is 24.8. The van der Waals surface area contributed by atoms with Gasteiger partial charge in [0.1, 0.15) is 24.5 Å². The van der Waals surface area contributed by atoms with Gasteiger partial charge in [0, 0.05) is 55.8 Å². The van der Waals surface area contributed by atoms with Crippen LogP contribution in [0.25, 0.3) is 5.69 Å². The second-order valence-corrected chi connectivity index (χ2v) is 10.5. The third-order valence-corrected chi connectivity index (χ3v) is 7.48. The third kappa shape index (κ3) is 7.40. The molecule has 1 fully saturated rings. The van der Waals surface area contributed by atoms with Gasteiger partial charge in [0.2, 0.25) is 5.88 Å². The number of aliphatic hydroxyl groups is 1. The highest BCUT2D eigenvalue weighted by Gasteiger charge is 2.27. The molecular formula is C33H35F2N5O4. The van der Waals surface area contributed by atoms with Crippen molar-refractivity contribution < 1.29 is 28.2 Å². The molecule has 0 aliphatic carbocycles. The van der Waals surface area contributed by atoms with Gasteiger partial charge in [-0.3, -0.25) is 4.79 Å². The molecule has 2 heterocycles. The zero-order valence-corrected chi connectivity index (χ0v) is 24.8. The van der Waals surface area contributed by atoms with E-state index >= 15 is 4.39 Å². The molecule has 0 saturated carbocycles. The predicted octanol–water partition coefficient (Wildman–Crippen LogP) is 5.14. The summed E-state index contributed by atoms with van der Waals surface area (Å²) in [7, 11) is 1.00. The number of aromatic nitrogens is 2. The number of aliphatic hydroxyl groups excluding tert-OH is 1. The topological polar surface area (TPSA) is 127 Å². The highest BCUT2D eigenvalue weighted by Crippen LogP contribution is 2.30. The Kier molecular flexibility index (Phi) is 10.7. The highest BCUT2D eigenvalue weighted by atomic mass is 19.1. The number of aldehydes is 1. The molecule has 0 bridgehead atoms. The van der Waals surface area contributed by atoms with E-state index in [2.05, 4.69) is 10.00 Å². The SMILES string of the molecule is CO.Cc1cc(CC(C)N(C[C@@H]2CCO2)c2cc(C=O)ccc2N)c(F)cc1-n1ccc(OCc2ccc(C#N)cc2F)n1. The molecule has 0 spiro atoms. The van der Waals surface area contributed by atoms with Gasteiger partial charge in [0.15, 0.2) is 0 Å². The molecular weight excluding hydrogens is 568 g/mol. The number of anilines is 2. The maximum atomic E-state index is 15.5. The van der Waals surface area contributed by atoms with E-state index in [9.17, 15) is 9.18 Å². The van der Waals surface area contributed by atoms with Crippen LogP contribution < -0.4 is 15.4 Å². The lowest BCUT2D eigenvalue weighted by Gasteiger charge is -2.38. The Morgan fingerprint density at radius 2 is 1.93 bits per heavy atom. The summed E-state index contributed by atoms with van der Waals surface area (Å²) in [5.41, 5.74) is 10.5. The second-order valence-electron chi connectivity index (χ2n) is 10.5. The number of ether oxygens (including phenoxy) is 2. The van der Waals surface area contributed by atoms with Gasteiger partial charge in [-0.1, -0.05) is 12.1 Å². The molecule has 1 aromatic heterocycles. The lowest BCUT2D eigenvalue weighted by atomic mass is 10.00. The number of carbonyl (C=O) groups excluding carboxylic acids is 1. The van der Waals surface area contributed by atoms with Crippen molar-refractivity contribution in [1.82, 2.24) is 9.78 Å². The van der Waals surface area contributed by atoms with Crippen LogP contribution in [0.5, 0.6) is 5.88 Å². The molecule has 3 aromatic carbocycles. The lowest BCUT2D eigenvalue weighted by molar-refractivity contribution is -0.0452. The maximum absolute atomic E-state index is 15.5. The molecule has 230 valence electrons. The molecule has 0 amide bonds. The van der Waals surface area contributed by atoms with Gasteiger partial charge in [0.25, 0.3) is 0 Å². The van der Waals surface area contributed by atoms with E-state index in [0.29, 0.717) is 47.6 Å². The molecule has 1 unspecified atom stereocenters. The number of nitrogens with zero attached hydrogens (tertiary/aromatic N) is 4. The molecule has 3 N–H and O–H groups in total. The summed E-state index contributed by atoms with van der Waals surface area (Å²) in [5, 5.41) is 20.3. The number of nitrogen functional groups attached to an aromatic ring is 1. The average molecular weight is 604 g/mol. The summed E-state index contributed by atoms with van der Waals surface area (Å²) in [4.78, 5) is 13.5. The lowest BCUT2D eigenvalue weighted by Crippen LogP contribution is -2.45. The van der Waals surface area contributed by atoms with Crippen LogP contribution in [0.4, 0.5) is 20.2 Å². The van der Waals surface area contributed by atoms with E-state index < -0.39 is 5.82 Å². The van der Waals surface area contributed by atoms with E-state index in [1.165, 1.54) is 22.9 Å².